The molecule has 4 heteroatoms. The van der Waals surface area contributed by atoms with Crippen LogP contribution in [0.15, 0.2) is 11.4 Å². The van der Waals surface area contributed by atoms with Crippen LogP contribution in [0.1, 0.15) is 41.5 Å². The van der Waals surface area contributed by atoms with Gasteiger partial charge < -0.3 is 9.80 Å². The highest BCUT2D eigenvalue weighted by atomic mass is 36.5. The van der Waals surface area contributed by atoms with Crippen LogP contribution in [0.5, 0.6) is 0 Å². The Morgan fingerprint density at radius 2 is 1.33 bits per heavy atom. The maximum atomic E-state index is 5.93. The topological polar surface area (TPSA) is 6.48 Å². The number of rotatable bonds is 3. The van der Waals surface area contributed by atoms with Gasteiger partial charge in [-0.05, 0) is 53.6 Å². The van der Waals surface area contributed by atoms with Crippen LogP contribution in [0.25, 0.3) is 0 Å². The number of halogens is 2. The van der Waals surface area contributed by atoms with Gasteiger partial charge in [0.2, 0.25) is 10.9 Å². The lowest BCUT2D eigenvalue weighted by Gasteiger charge is -2.40. The maximum absolute atomic E-state index is 5.93. The molecule has 0 amide bonds. The Kier molecular flexibility index (Phi) is 4.19. The van der Waals surface area contributed by atoms with E-state index in [1.807, 2.05) is 0 Å². The van der Waals surface area contributed by atoms with Gasteiger partial charge in [0, 0.05) is 11.4 Å². The van der Waals surface area contributed by atoms with E-state index in [0.717, 1.165) is 5.62 Å². The molecule has 0 aromatic rings. The number of nitrogens with zero attached hydrogens (tertiary/aromatic N) is 2. The predicted octanol–water partition coefficient (Wildman–Crippen LogP) is 3.36. The Balaban J connectivity index is 3.03. The summed E-state index contributed by atoms with van der Waals surface area (Å²) in [5.41, 5.74) is 3.67. The quantitative estimate of drug-likeness (QED) is 0.560. The largest absolute Gasteiger partial charge is 0.444 e. The molecule has 0 fully saturated rings. The van der Waals surface area contributed by atoms with Crippen LogP contribution in [0.4, 0.5) is 0 Å². The normalized spacial score (nSPS) is 19.0. The molecule has 0 aliphatic carbocycles. The van der Waals surface area contributed by atoms with Gasteiger partial charge in [0.15, 0.2) is 5.62 Å². The van der Waals surface area contributed by atoms with Gasteiger partial charge in [0.25, 0.3) is 0 Å². The van der Waals surface area contributed by atoms with E-state index in [0.29, 0.717) is 12.1 Å². The van der Waals surface area contributed by atoms with Crippen LogP contribution in [0, 0.1) is 15.7 Å². The van der Waals surface area contributed by atoms with E-state index < -0.39 is 0 Å². The van der Waals surface area contributed by atoms with Gasteiger partial charge in [-0.15, -0.1) is 0 Å². The third kappa shape index (κ3) is 2.21. The maximum Gasteiger partial charge on any atom is 0.233 e. The summed E-state index contributed by atoms with van der Waals surface area (Å²) in [5.74, 6) is 0. The molecule has 0 N–H and O–H groups in total. The molecule has 1 heterocycles. The molecule has 1 rings (SSSR count). The number of hydrogen-bond donors (Lipinski definition) is 0. The lowest BCUT2D eigenvalue weighted by atomic mass is 10.3. The van der Waals surface area contributed by atoms with E-state index in [9.17, 15) is 0 Å². The van der Waals surface area contributed by atoms with Crippen molar-refractivity contribution in [3.8, 4) is 0 Å². The van der Waals surface area contributed by atoms with Gasteiger partial charge in [-0.3, -0.25) is 0 Å². The standard InChI is InChI=1S/C11H20Cl2N2/c1-7(2)14-9(5)10(6)15(8(3)4)11(14)13-12/h7-8H,1-6H3. The second-order valence-corrected chi connectivity index (χ2v) is 5.35. The Morgan fingerprint density at radius 3 is 1.53 bits per heavy atom. The fourth-order valence-electron chi connectivity index (χ4n) is 2.01. The van der Waals surface area contributed by atoms with Crippen molar-refractivity contribution >= 4 is 10.9 Å². The first-order valence-corrected chi connectivity index (χ1v) is 6.82. The summed E-state index contributed by atoms with van der Waals surface area (Å²) in [6.07, 6.45) is 0. The first kappa shape index (κ1) is 13.0. The Hall–Kier alpha value is -0.0800. The van der Waals surface area contributed by atoms with Crippen molar-refractivity contribution in [3.63, 3.8) is 0 Å². The van der Waals surface area contributed by atoms with Crippen LogP contribution in [0.3, 0.4) is 0 Å². The third-order valence-electron chi connectivity index (χ3n) is 2.74. The average molecular weight is 251 g/mol. The van der Waals surface area contributed by atoms with Crippen LogP contribution in [0.2, 0.25) is 0 Å². The van der Waals surface area contributed by atoms with E-state index in [1.165, 1.54) is 11.4 Å². The summed E-state index contributed by atoms with van der Waals surface area (Å²) in [6, 6.07) is 0.870. The summed E-state index contributed by atoms with van der Waals surface area (Å²) in [4.78, 5) is 4.55. The molecule has 2 nitrogen and oxygen atoms in total. The van der Waals surface area contributed by atoms with Gasteiger partial charge in [0.05, 0.1) is 0 Å². The van der Waals surface area contributed by atoms with Crippen molar-refractivity contribution in [2.75, 3.05) is 0 Å². The van der Waals surface area contributed by atoms with E-state index >= 15 is 0 Å². The first-order valence-electron chi connectivity index (χ1n) is 5.30. The molecule has 15 heavy (non-hydrogen) atoms. The van der Waals surface area contributed by atoms with E-state index in [2.05, 4.69) is 51.3 Å². The molecule has 1 aliphatic heterocycles. The molecule has 0 aromatic heterocycles. The minimum atomic E-state index is 0.435. The summed E-state index contributed by atoms with van der Waals surface area (Å²) in [7, 11) is 7.73. The molecular weight excluding hydrogens is 231 g/mol. The van der Waals surface area contributed by atoms with Gasteiger partial charge >= 0.3 is 0 Å². The van der Waals surface area contributed by atoms with E-state index in [4.69, 9.17) is 10.9 Å². The molecule has 0 atom stereocenters. The lowest BCUT2D eigenvalue weighted by Crippen LogP contribution is -2.39. The number of hydrogen-bond acceptors (Lipinski definition) is 2. The lowest BCUT2D eigenvalue weighted by molar-refractivity contribution is -0.534. The molecule has 0 aromatic carbocycles. The molecule has 0 spiro atoms. The molecule has 0 saturated carbocycles. The smallest absolute Gasteiger partial charge is 0.233 e. The highest BCUT2D eigenvalue weighted by Crippen LogP contribution is 2.38. The monoisotopic (exact) mass is 250 g/mol. The predicted molar refractivity (Wildman–Crippen MR) is 61.4 cm³/mol. The third-order valence-corrected chi connectivity index (χ3v) is 3.62. The molecule has 0 saturated heterocycles. The summed E-state index contributed by atoms with van der Waals surface area (Å²) < 4.78 is 0. The first-order chi connectivity index (χ1) is 6.91. The molecule has 88 valence electrons. The molecule has 0 radical (unpaired) electrons. The van der Waals surface area contributed by atoms with Crippen molar-refractivity contribution in [3.05, 3.63) is 17.0 Å². The zero-order chi connectivity index (χ0) is 11.7. The van der Waals surface area contributed by atoms with Crippen LogP contribution >= 0.6 is 10.9 Å². The fourth-order valence-corrected chi connectivity index (χ4v) is 3.21. The molecule has 0 unspecified atom stereocenters. The zero-order valence-corrected chi connectivity index (χ0v) is 11.8. The van der Waals surface area contributed by atoms with Crippen LogP contribution in [-0.4, -0.2) is 21.9 Å². The Labute approximate surface area is 102 Å². The van der Waals surface area contributed by atoms with Crippen molar-refractivity contribution in [2.24, 2.45) is 0 Å². The SMILES string of the molecule is CC1=C(C)N(C(C)C)[C-]([Cl+]Cl)N1C(C)C. The summed E-state index contributed by atoms with van der Waals surface area (Å²) in [6.45, 7) is 13.0. The molecule has 1 aliphatic rings. The van der Waals surface area contributed by atoms with Gasteiger partial charge in [0.1, 0.15) is 10.0 Å². The van der Waals surface area contributed by atoms with Crippen LogP contribution in [-0.2, 0) is 0 Å². The highest BCUT2D eigenvalue weighted by Gasteiger charge is 2.34. The van der Waals surface area contributed by atoms with Crippen LogP contribution < -0.4 is 0 Å². The molecular formula is C11H20Cl2N2. The van der Waals surface area contributed by atoms with Crippen molar-refractivity contribution in [1.29, 1.82) is 0 Å². The second-order valence-electron chi connectivity index (χ2n) is 4.44. The summed E-state index contributed by atoms with van der Waals surface area (Å²) >= 11 is 0. The van der Waals surface area contributed by atoms with Gasteiger partial charge in [-0.25, -0.2) is 0 Å². The number of allylic oxidation sites excluding steroid dienone is 2. The second kappa shape index (κ2) is 4.84. The Bertz CT molecular complexity index is 237. The zero-order valence-electron chi connectivity index (χ0n) is 10.3. The fraction of sp³-hybridized carbons (Fsp3) is 0.727. The van der Waals surface area contributed by atoms with Crippen molar-refractivity contribution < 1.29 is 10.0 Å². The van der Waals surface area contributed by atoms with Gasteiger partial charge in [-0.2, -0.15) is 0 Å². The van der Waals surface area contributed by atoms with Gasteiger partial charge in [-0.1, -0.05) is 0 Å². The van der Waals surface area contributed by atoms with E-state index in [-0.39, 0.29) is 0 Å². The van der Waals surface area contributed by atoms with Crippen molar-refractivity contribution in [1.82, 2.24) is 9.80 Å². The minimum absolute atomic E-state index is 0.435. The highest BCUT2D eigenvalue weighted by molar-refractivity contribution is 6.03. The average Bonchev–Trinajstić information content (AvgIpc) is 2.39. The summed E-state index contributed by atoms with van der Waals surface area (Å²) in [5, 5.41) is 0. The van der Waals surface area contributed by atoms with Crippen molar-refractivity contribution in [2.45, 2.75) is 53.6 Å². The molecule has 0 bridgehead atoms. The minimum Gasteiger partial charge on any atom is -0.444 e. The Morgan fingerprint density at radius 1 is 1.00 bits per heavy atom. The van der Waals surface area contributed by atoms with E-state index in [1.54, 1.807) is 10.0 Å².